The van der Waals surface area contributed by atoms with Crippen molar-refractivity contribution < 1.29 is 37.8 Å². The smallest absolute Gasteiger partial charge is 0.408 e. The summed E-state index contributed by atoms with van der Waals surface area (Å²) >= 11 is 6.12. The molecule has 3 amide bonds. The number of carbonyl (C=O) groups excluding carboxylic acids is 4. The summed E-state index contributed by atoms with van der Waals surface area (Å²) in [6.07, 6.45) is -1.09. The van der Waals surface area contributed by atoms with Crippen LogP contribution in [0.25, 0.3) is 0 Å². The molecule has 0 bridgehead atoms. The second-order valence-electron chi connectivity index (χ2n) is 10.1. The number of alkyl carbamates (subject to hydrolysis) is 2. The number of carbonyl (C=O) groups is 4. The van der Waals surface area contributed by atoms with Gasteiger partial charge in [0.1, 0.15) is 30.1 Å². The van der Waals surface area contributed by atoms with E-state index in [2.05, 4.69) is 16.0 Å². The summed E-state index contributed by atoms with van der Waals surface area (Å²) in [5.41, 5.74) is 0.495. The quantitative estimate of drug-likeness (QED) is 0.175. The summed E-state index contributed by atoms with van der Waals surface area (Å²) in [6.45, 7) is 6.94. The van der Waals surface area contributed by atoms with Crippen LogP contribution in [0.5, 0.6) is 0 Å². The molecule has 0 fully saturated rings. The highest BCUT2D eigenvalue weighted by atomic mass is 35.5. The van der Waals surface area contributed by atoms with Crippen LogP contribution in [0.2, 0.25) is 5.02 Å². The van der Waals surface area contributed by atoms with Gasteiger partial charge in [0.05, 0.1) is 6.61 Å². The third kappa shape index (κ3) is 12.9. The van der Waals surface area contributed by atoms with Crippen LogP contribution in [0.3, 0.4) is 0 Å². The van der Waals surface area contributed by atoms with Gasteiger partial charge in [-0.2, -0.15) is 0 Å². The van der Waals surface area contributed by atoms with Crippen molar-refractivity contribution >= 4 is 35.7 Å². The van der Waals surface area contributed by atoms with Gasteiger partial charge < -0.3 is 30.2 Å². The van der Waals surface area contributed by atoms with Gasteiger partial charge in [-0.3, -0.25) is 4.79 Å². The standard InChI is InChI=1S/C29H37ClFN3O7/c1-5-39-26(36)24(17-19-12-14-21(31)15-13-19)33-25(35)23(11-8-16-32-27(37)41-29(2,3)4)34-28(38)40-18-20-9-6-7-10-22(20)30/h6-7,9-10,12-15,23-24H,5,8,11,16-18H2,1-4H3,(H,32,37)(H,33,35)(H,34,38)/t23-,24+/m1/s1. The fourth-order valence-corrected chi connectivity index (χ4v) is 3.78. The van der Waals surface area contributed by atoms with Gasteiger partial charge in [-0.25, -0.2) is 18.8 Å². The molecular formula is C29H37ClFN3O7. The molecule has 10 nitrogen and oxygen atoms in total. The number of hydrogen-bond acceptors (Lipinski definition) is 7. The lowest BCUT2D eigenvalue weighted by Crippen LogP contribution is -2.52. The van der Waals surface area contributed by atoms with Gasteiger partial charge in [-0.1, -0.05) is 41.9 Å². The summed E-state index contributed by atoms with van der Waals surface area (Å²) in [7, 11) is 0. The van der Waals surface area contributed by atoms with Crippen LogP contribution in [0, 0.1) is 5.82 Å². The van der Waals surface area contributed by atoms with E-state index in [1.54, 1.807) is 52.0 Å². The zero-order valence-electron chi connectivity index (χ0n) is 23.6. The molecule has 41 heavy (non-hydrogen) atoms. The van der Waals surface area contributed by atoms with Crippen molar-refractivity contribution in [2.75, 3.05) is 13.2 Å². The molecule has 2 aromatic carbocycles. The summed E-state index contributed by atoms with van der Waals surface area (Å²) in [4.78, 5) is 50.5. The van der Waals surface area contributed by atoms with Crippen LogP contribution >= 0.6 is 11.6 Å². The normalized spacial score (nSPS) is 12.4. The number of nitrogens with one attached hydrogen (secondary N) is 3. The minimum absolute atomic E-state index is 0.0364. The molecule has 0 aliphatic heterocycles. The summed E-state index contributed by atoms with van der Waals surface area (Å²) < 4.78 is 28.9. The second-order valence-corrected chi connectivity index (χ2v) is 10.5. The molecule has 0 unspecified atom stereocenters. The Kier molecular flexibility index (Phi) is 13.4. The van der Waals surface area contributed by atoms with Crippen LogP contribution < -0.4 is 16.0 Å². The SMILES string of the molecule is CCOC(=O)[C@H](Cc1ccc(F)cc1)NC(=O)[C@@H](CCCNC(=O)OC(C)(C)C)NC(=O)OCc1ccccc1Cl. The summed E-state index contributed by atoms with van der Waals surface area (Å²) in [6, 6.07) is 10.1. The maximum Gasteiger partial charge on any atom is 0.408 e. The Balaban J connectivity index is 2.10. The average molecular weight is 594 g/mol. The number of ether oxygens (including phenoxy) is 3. The monoisotopic (exact) mass is 593 g/mol. The maximum atomic E-state index is 13.4. The van der Waals surface area contributed by atoms with Crippen LogP contribution in [-0.2, 0) is 36.8 Å². The van der Waals surface area contributed by atoms with Gasteiger partial charge in [-0.15, -0.1) is 0 Å². The fourth-order valence-electron chi connectivity index (χ4n) is 3.59. The van der Waals surface area contributed by atoms with E-state index in [4.69, 9.17) is 25.8 Å². The Morgan fingerprint density at radius 1 is 0.927 bits per heavy atom. The van der Waals surface area contributed by atoms with Gasteiger partial charge in [0.25, 0.3) is 0 Å². The number of amides is 3. The van der Waals surface area contributed by atoms with E-state index < -0.39 is 47.6 Å². The molecule has 0 aromatic heterocycles. The molecule has 2 rings (SSSR count). The van der Waals surface area contributed by atoms with Gasteiger partial charge in [0, 0.05) is 23.6 Å². The lowest BCUT2D eigenvalue weighted by molar-refractivity contribution is -0.147. The van der Waals surface area contributed by atoms with E-state index >= 15 is 0 Å². The Morgan fingerprint density at radius 3 is 2.24 bits per heavy atom. The highest BCUT2D eigenvalue weighted by Gasteiger charge is 2.28. The number of halogens is 2. The van der Waals surface area contributed by atoms with Crippen LogP contribution in [0.1, 0.15) is 51.7 Å². The first kappa shape index (κ1) is 33.3. The van der Waals surface area contributed by atoms with E-state index in [0.717, 1.165) is 0 Å². The minimum atomic E-state index is -1.13. The maximum absolute atomic E-state index is 13.4. The van der Waals surface area contributed by atoms with E-state index in [-0.39, 0.29) is 39.0 Å². The number of esters is 1. The minimum Gasteiger partial charge on any atom is -0.464 e. The fraction of sp³-hybridized carbons (Fsp3) is 0.448. The lowest BCUT2D eigenvalue weighted by Gasteiger charge is -2.23. The van der Waals surface area contributed by atoms with Crippen molar-refractivity contribution in [2.24, 2.45) is 0 Å². The van der Waals surface area contributed by atoms with Crippen molar-refractivity contribution in [1.29, 1.82) is 0 Å². The highest BCUT2D eigenvalue weighted by Crippen LogP contribution is 2.16. The van der Waals surface area contributed by atoms with E-state index in [1.807, 2.05) is 0 Å². The van der Waals surface area contributed by atoms with Crippen LogP contribution in [0.15, 0.2) is 48.5 Å². The van der Waals surface area contributed by atoms with Crippen molar-refractivity contribution in [2.45, 2.75) is 71.2 Å². The Morgan fingerprint density at radius 2 is 1.61 bits per heavy atom. The first-order valence-electron chi connectivity index (χ1n) is 13.2. The molecule has 224 valence electrons. The van der Waals surface area contributed by atoms with E-state index in [1.165, 1.54) is 24.3 Å². The zero-order valence-corrected chi connectivity index (χ0v) is 24.4. The molecule has 0 radical (unpaired) electrons. The second kappa shape index (κ2) is 16.4. The van der Waals surface area contributed by atoms with Gasteiger partial charge in [0.15, 0.2) is 0 Å². The molecule has 0 aliphatic carbocycles. The molecule has 12 heteroatoms. The summed E-state index contributed by atoms with van der Waals surface area (Å²) in [5, 5.41) is 8.16. The number of benzene rings is 2. The van der Waals surface area contributed by atoms with E-state index in [9.17, 15) is 23.6 Å². The van der Waals surface area contributed by atoms with Gasteiger partial charge in [-0.05, 0) is 64.3 Å². The van der Waals surface area contributed by atoms with Crippen molar-refractivity contribution in [3.63, 3.8) is 0 Å². The largest absolute Gasteiger partial charge is 0.464 e. The lowest BCUT2D eigenvalue weighted by atomic mass is 10.0. The first-order chi connectivity index (χ1) is 19.4. The molecule has 0 saturated carbocycles. The topological polar surface area (TPSA) is 132 Å². The zero-order chi connectivity index (χ0) is 30.4. The Hall–Kier alpha value is -3.86. The summed E-state index contributed by atoms with van der Waals surface area (Å²) in [5.74, 6) is -1.79. The predicted molar refractivity (Wildman–Crippen MR) is 151 cm³/mol. The molecule has 0 heterocycles. The molecule has 3 N–H and O–H groups in total. The third-order valence-electron chi connectivity index (χ3n) is 5.50. The average Bonchev–Trinajstić information content (AvgIpc) is 2.89. The third-order valence-corrected chi connectivity index (χ3v) is 5.87. The molecular weight excluding hydrogens is 557 g/mol. The molecule has 0 spiro atoms. The van der Waals surface area contributed by atoms with E-state index in [0.29, 0.717) is 16.1 Å². The molecule has 0 aliphatic rings. The first-order valence-corrected chi connectivity index (χ1v) is 13.6. The van der Waals surface area contributed by atoms with Gasteiger partial charge in [0.2, 0.25) is 5.91 Å². The van der Waals surface area contributed by atoms with Crippen molar-refractivity contribution in [3.05, 3.63) is 70.5 Å². The molecule has 0 saturated heterocycles. The Labute approximate surface area is 244 Å². The molecule has 2 aromatic rings. The van der Waals surface area contributed by atoms with Crippen LogP contribution in [-0.4, -0.2) is 54.9 Å². The highest BCUT2D eigenvalue weighted by molar-refractivity contribution is 6.31. The van der Waals surface area contributed by atoms with Crippen molar-refractivity contribution in [3.8, 4) is 0 Å². The number of rotatable bonds is 13. The van der Waals surface area contributed by atoms with Gasteiger partial charge >= 0.3 is 18.2 Å². The predicted octanol–water partition coefficient (Wildman–Crippen LogP) is 4.67. The Bertz CT molecular complexity index is 1170. The molecule has 2 atom stereocenters. The number of hydrogen-bond donors (Lipinski definition) is 3. The van der Waals surface area contributed by atoms with Crippen molar-refractivity contribution in [1.82, 2.24) is 16.0 Å². The van der Waals surface area contributed by atoms with Crippen LogP contribution in [0.4, 0.5) is 14.0 Å².